The van der Waals surface area contributed by atoms with E-state index < -0.39 is 0 Å². The van der Waals surface area contributed by atoms with Crippen LogP contribution in [0.3, 0.4) is 0 Å². The molecule has 1 unspecified atom stereocenters. The first-order valence-electron chi connectivity index (χ1n) is 8.07. The minimum atomic E-state index is 0.118. The van der Waals surface area contributed by atoms with E-state index in [9.17, 15) is 4.79 Å². The molecule has 0 radical (unpaired) electrons. The van der Waals surface area contributed by atoms with E-state index in [1.807, 2.05) is 6.07 Å². The summed E-state index contributed by atoms with van der Waals surface area (Å²) in [4.78, 5) is 14.7. The van der Waals surface area contributed by atoms with Crippen molar-refractivity contribution >= 4 is 5.78 Å². The van der Waals surface area contributed by atoms with Crippen LogP contribution >= 0.6 is 0 Å². The molecule has 1 saturated heterocycles. The number of Topliss-reactive ketones (excluding diaryl/α,β-unsaturated/α-hetero) is 1. The highest BCUT2D eigenvalue weighted by Gasteiger charge is 2.65. The zero-order chi connectivity index (χ0) is 15.5. The molecule has 2 aliphatic carbocycles. The van der Waals surface area contributed by atoms with Crippen molar-refractivity contribution in [3.05, 3.63) is 23.8 Å². The van der Waals surface area contributed by atoms with Crippen LogP contribution in [0.2, 0.25) is 0 Å². The predicted octanol–water partition coefficient (Wildman–Crippen LogP) is 2.25. The lowest BCUT2D eigenvalue weighted by molar-refractivity contribution is -0.124. The number of carbonyl (C=O) groups is 1. The summed E-state index contributed by atoms with van der Waals surface area (Å²) in [6.07, 6.45) is 2.95. The zero-order valence-electron chi connectivity index (χ0n) is 13.5. The quantitative estimate of drug-likeness (QED) is 0.858. The summed E-state index contributed by atoms with van der Waals surface area (Å²) >= 11 is 0. The summed E-state index contributed by atoms with van der Waals surface area (Å²) in [6.45, 7) is 1.07. The molecule has 2 bridgehead atoms. The fourth-order valence-electron chi connectivity index (χ4n) is 5.44. The molecule has 1 aromatic carbocycles. The SMILES string of the molecule is COc1ccc([C@@]23CCN(C)[C@@H]2[C@H]2CC3CC2=O)cc1OC. The Morgan fingerprint density at radius 1 is 1.23 bits per heavy atom. The van der Waals surface area contributed by atoms with Crippen LogP contribution in [-0.2, 0) is 10.2 Å². The van der Waals surface area contributed by atoms with Gasteiger partial charge in [-0.2, -0.15) is 0 Å². The van der Waals surface area contributed by atoms with Crippen LogP contribution in [0.4, 0.5) is 0 Å². The Labute approximate surface area is 131 Å². The molecule has 1 aromatic rings. The van der Waals surface area contributed by atoms with E-state index in [0.29, 0.717) is 17.7 Å². The van der Waals surface area contributed by atoms with Crippen molar-refractivity contribution in [3.8, 4) is 11.5 Å². The van der Waals surface area contributed by atoms with E-state index in [2.05, 4.69) is 24.1 Å². The normalized spacial score (nSPS) is 36.7. The fourth-order valence-corrected chi connectivity index (χ4v) is 5.44. The number of rotatable bonds is 3. The van der Waals surface area contributed by atoms with E-state index >= 15 is 0 Å². The van der Waals surface area contributed by atoms with Crippen molar-refractivity contribution in [2.24, 2.45) is 11.8 Å². The third-order valence-corrected chi connectivity index (χ3v) is 6.31. The minimum Gasteiger partial charge on any atom is -0.493 e. The van der Waals surface area contributed by atoms with Gasteiger partial charge in [-0.15, -0.1) is 0 Å². The van der Waals surface area contributed by atoms with Crippen LogP contribution in [0.25, 0.3) is 0 Å². The van der Waals surface area contributed by atoms with Gasteiger partial charge in [0, 0.05) is 23.8 Å². The number of likely N-dealkylation sites (N-methyl/N-ethyl adjacent to an activating group) is 1. The Balaban J connectivity index is 1.82. The van der Waals surface area contributed by atoms with Gasteiger partial charge < -0.3 is 14.4 Å². The number of fused-ring (bicyclic) bond motifs is 5. The molecule has 118 valence electrons. The summed E-state index contributed by atoms with van der Waals surface area (Å²) in [6, 6.07) is 6.68. The zero-order valence-corrected chi connectivity index (χ0v) is 13.5. The summed E-state index contributed by atoms with van der Waals surface area (Å²) in [5, 5.41) is 0. The maximum Gasteiger partial charge on any atom is 0.161 e. The van der Waals surface area contributed by atoms with Crippen molar-refractivity contribution in [2.75, 3.05) is 27.8 Å². The minimum absolute atomic E-state index is 0.118. The topological polar surface area (TPSA) is 38.8 Å². The molecule has 0 N–H and O–H groups in total. The Kier molecular flexibility index (Phi) is 3.02. The van der Waals surface area contributed by atoms with Crippen LogP contribution in [-0.4, -0.2) is 44.5 Å². The number of hydrogen-bond acceptors (Lipinski definition) is 4. The highest BCUT2D eigenvalue weighted by atomic mass is 16.5. The van der Waals surface area contributed by atoms with E-state index in [1.54, 1.807) is 14.2 Å². The second-order valence-electron chi connectivity index (χ2n) is 7.00. The maximum absolute atomic E-state index is 12.2. The first-order valence-corrected chi connectivity index (χ1v) is 8.07. The number of ketones is 1. The molecule has 0 aromatic heterocycles. The van der Waals surface area contributed by atoms with Crippen molar-refractivity contribution in [1.29, 1.82) is 0 Å². The van der Waals surface area contributed by atoms with Crippen molar-refractivity contribution in [3.63, 3.8) is 0 Å². The number of benzene rings is 1. The largest absolute Gasteiger partial charge is 0.493 e. The Bertz CT molecular complexity index is 629. The molecule has 0 spiro atoms. The third-order valence-electron chi connectivity index (χ3n) is 6.31. The molecular formula is C18H23NO3. The Hall–Kier alpha value is -1.55. The van der Waals surface area contributed by atoms with E-state index in [1.165, 1.54) is 5.56 Å². The molecule has 4 heteroatoms. The van der Waals surface area contributed by atoms with Crippen molar-refractivity contribution in [1.82, 2.24) is 4.90 Å². The van der Waals surface area contributed by atoms with E-state index in [0.717, 1.165) is 37.3 Å². The van der Waals surface area contributed by atoms with Crippen LogP contribution in [0, 0.1) is 11.8 Å². The van der Waals surface area contributed by atoms with Gasteiger partial charge in [-0.3, -0.25) is 4.79 Å². The van der Waals surface area contributed by atoms with Crippen LogP contribution in [0.1, 0.15) is 24.8 Å². The summed E-state index contributed by atoms with van der Waals surface area (Å²) in [7, 11) is 5.52. The molecular weight excluding hydrogens is 278 g/mol. The van der Waals surface area contributed by atoms with Gasteiger partial charge in [-0.05, 0) is 50.0 Å². The lowest BCUT2D eigenvalue weighted by Crippen LogP contribution is -2.48. The lowest BCUT2D eigenvalue weighted by Gasteiger charge is -2.41. The molecule has 4 nitrogen and oxygen atoms in total. The predicted molar refractivity (Wildman–Crippen MR) is 83.5 cm³/mol. The number of carbonyl (C=O) groups excluding carboxylic acids is 1. The van der Waals surface area contributed by atoms with Gasteiger partial charge >= 0.3 is 0 Å². The third kappa shape index (κ3) is 1.59. The standard InChI is InChI=1S/C18H23NO3/c1-19-7-6-18(12-8-13(17(18)19)14(20)9-12)11-4-5-15(21-2)16(10-11)22-3/h4-5,10,12-13,17H,6-9H2,1-3H3/t12?,13-,17+,18+/m0/s1. The molecule has 0 amide bonds. The van der Waals surface area contributed by atoms with Crippen molar-refractivity contribution < 1.29 is 14.3 Å². The van der Waals surface area contributed by atoms with Crippen LogP contribution in [0.15, 0.2) is 18.2 Å². The molecule has 3 fully saturated rings. The fraction of sp³-hybridized carbons (Fsp3) is 0.611. The first kappa shape index (κ1) is 14.1. The monoisotopic (exact) mass is 301 g/mol. The van der Waals surface area contributed by atoms with Gasteiger partial charge in [0.15, 0.2) is 11.5 Å². The Morgan fingerprint density at radius 3 is 2.73 bits per heavy atom. The molecule has 4 atom stereocenters. The highest BCUT2D eigenvalue weighted by molar-refractivity contribution is 5.86. The number of nitrogens with zero attached hydrogens (tertiary/aromatic N) is 1. The van der Waals surface area contributed by atoms with E-state index in [4.69, 9.17) is 9.47 Å². The highest BCUT2D eigenvalue weighted by Crippen LogP contribution is 2.61. The summed E-state index contributed by atoms with van der Waals surface area (Å²) in [5.74, 6) is 2.74. The number of likely N-dealkylation sites (tertiary alicyclic amines) is 1. The average Bonchev–Trinajstić information content (AvgIpc) is 3.17. The first-order chi connectivity index (χ1) is 10.6. The summed E-state index contributed by atoms with van der Waals surface area (Å²) in [5.41, 5.74) is 1.44. The second kappa shape index (κ2) is 4.72. The number of hydrogen-bond donors (Lipinski definition) is 0. The van der Waals surface area contributed by atoms with Crippen LogP contribution in [0.5, 0.6) is 11.5 Å². The van der Waals surface area contributed by atoms with Gasteiger partial charge in [-0.1, -0.05) is 6.07 Å². The smallest absolute Gasteiger partial charge is 0.161 e. The summed E-state index contributed by atoms with van der Waals surface area (Å²) < 4.78 is 10.9. The van der Waals surface area contributed by atoms with Gasteiger partial charge in [0.05, 0.1) is 14.2 Å². The van der Waals surface area contributed by atoms with Gasteiger partial charge in [-0.25, -0.2) is 0 Å². The lowest BCUT2D eigenvalue weighted by atomic mass is 9.65. The number of methoxy groups -OCH3 is 2. The second-order valence-corrected chi connectivity index (χ2v) is 7.00. The van der Waals surface area contributed by atoms with Crippen molar-refractivity contribution in [2.45, 2.75) is 30.7 Å². The molecule has 3 aliphatic rings. The molecule has 1 heterocycles. The number of ether oxygens (including phenoxy) is 2. The molecule has 1 aliphatic heterocycles. The average molecular weight is 301 g/mol. The Morgan fingerprint density at radius 2 is 2.00 bits per heavy atom. The van der Waals surface area contributed by atoms with E-state index in [-0.39, 0.29) is 11.3 Å². The van der Waals surface area contributed by atoms with Crippen LogP contribution < -0.4 is 9.47 Å². The van der Waals surface area contributed by atoms with Gasteiger partial charge in [0.25, 0.3) is 0 Å². The van der Waals surface area contributed by atoms with Gasteiger partial charge in [0.2, 0.25) is 0 Å². The molecule has 2 saturated carbocycles. The maximum atomic E-state index is 12.2. The molecule has 22 heavy (non-hydrogen) atoms. The molecule has 4 rings (SSSR count). The van der Waals surface area contributed by atoms with Gasteiger partial charge in [0.1, 0.15) is 5.78 Å².